The molecule has 2 N–H and O–H groups in total. The maximum Gasteiger partial charge on any atom is 0.136 e. The number of aliphatic hydroxyl groups excluding tert-OH is 1. The molecule has 3 saturated carbocycles. The zero-order valence-electron chi connectivity index (χ0n) is 21.5. The Morgan fingerprint density at radius 2 is 2.00 bits per heavy atom. The van der Waals surface area contributed by atoms with Crippen LogP contribution in [0.3, 0.4) is 0 Å². The Bertz CT molecular complexity index is 1500. The van der Waals surface area contributed by atoms with Gasteiger partial charge in [0.25, 0.3) is 0 Å². The minimum absolute atomic E-state index is 0.0214. The van der Waals surface area contributed by atoms with Crippen molar-refractivity contribution in [3.8, 4) is 0 Å². The molecule has 1 aromatic carbocycles. The molecule has 7 aliphatic rings. The summed E-state index contributed by atoms with van der Waals surface area (Å²) in [5.74, 6) is 0.914. The van der Waals surface area contributed by atoms with Gasteiger partial charge < -0.3 is 19.8 Å². The lowest BCUT2D eigenvalue weighted by Crippen LogP contribution is -2.68. The van der Waals surface area contributed by atoms with E-state index in [9.17, 15) is 10.2 Å². The highest BCUT2D eigenvalue weighted by molar-refractivity contribution is 6.34. The number of aliphatic hydroxyl groups is 2. The number of halogens is 1. The summed E-state index contributed by atoms with van der Waals surface area (Å²) in [6, 6.07) is 8.56. The number of fused-ring (bicyclic) bond motifs is 5. The molecule has 37 heavy (non-hydrogen) atoms. The number of nitrogens with zero attached hydrogens (tertiary/aromatic N) is 2. The highest BCUT2D eigenvalue weighted by atomic mass is 35.5. The Morgan fingerprint density at radius 1 is 1.16 bits per heavy atom. The minimum atomic E-state index is -0.986. The van der Waals surface area contributed by atoms with Crippen molar-refractivity contribution in [1.82, 2.24) is 9.88 Å². The maximum absolute atomic E-state index is 11.8. The predicted octanol–water partition coefficient (Wildman–Crippen LogP) is 4.60. The second-order valence-corrected chi connectivity index (χ2v) is 13.9. The highest BCUT2D eigenvalue weighted by Gasteiger charge is 3.07. The van der Waals surface area contributed by atoms with Gasteiger partial charge in [-0.1, -0.05) is 42.8 Å². The third kappa shape index (κ3) is 2.04. The molecule has 2 saturated heterocycles. The van der Waals surface area contributed by atoms with Crippen molar-refractivity contribution in [2.24, 2.45) is 28.6 Å². The molecule has 6 heteroatoms. The summed E-state index contributed by atoms with van der Waals surface area (Å²) >= 11 is 6.49. The van der Waals surface area contributed by atoms with Crippen molar-refractivity contribution in [2.45, 2.75) is 68.0 Å². The van der Waals surface area contributed by atoms with E-state index < -0.39 is 11.7 Å². The van der Waals surface area contributed by atoms with Crippen LogP contribution in [0.25, 0.3) is 16.3 Å². The van der Waals surface area contributed by atoms with Crippen LogP contribution in [0, 0.1) is 28.6 Å². The number of aromatic nitrogens is 1. The van der Waals surface area contributed by atoms with Gasteiger partial charge >= 0.3 is 0 Å². The summed E-state index contributed by atoms with van der Waals surface area (Å²) in [4.78, 5) is 6.41. The van der Waals surface area contributed by atoms with Crippen LogP contribution >= 0.6 is 11.6 Å². The number of benzene rings is 1. The maximum atomic E-state index is 11.8. The quantitative estimate of drug-likeness (QED) is 0.451. The van der Waals surface area contributed by atoms with Gasteiger partial charge in [-0.2, -0.15) is 0 Å². The van der Waals surface area contributed by atoms with Crippen molar-refractivity contribution in [3.63, 3.8) is 0 Å². The summed E-state index contributed by atoms with van der Waals surface area (Å²) in [5.41, 5.74) is 2.23. The molecule has 5 aliphatic carbocycles. The van der Waals surface area contributed by atoms with Gasteiger partial charge in [-0.05, 0) is 80.4 Å². The SMILES string of the molecule is CN(C)C1CC23CCC4(O2)C(=CCC2(C)C(c5ccc6ccnc(Cl)c6c5)=CCC24)C2C4C(O)(C1O)C243. The Balaban J connectivity index is 1.14. The molecule has 192 valence electrons. The molecule has 5 nitrogen and oxygen atoms in total. The van der Waals surface area contributed by atoms with Gasteiger partial charge in [0.2, 0.25) is 0 Å². The van der Waals surface area contributed by atoms with Gasteiger partial charge in [0.15, 0.2) is 0 Å². The number of allylic oxidation sites excluding steroid dienone is 3. The first-order valence-corrected chi connectivity index (χ1v) is 14.3. The largest absolute Gasteiger partial charge is 0.388 e. The fourth-order valence-corrected chi connectivity index (χ4v) is 11.1. The Labute approximate surface area is 222 Å². The van der Waals surface area contributed by atoms with Crippen LogP contribution in [0.15, 0.2) is 48.2 Å². The van der Waals surface area contributed by atoms with E-state index in [0.29, 0.717) is 17.0 Å². The number of hydrogen-bond donors (Lipinski definition) is 2. The van der Waals surface area contributed by atoms with Crippen LogP contribution in [0.5, 0.6) is 0 Å². The highest BCUT2D eigenvalue weighted by Crippen LogP contribution is 2.99. The molecule has 3 heterocycles. The van der Waals surface area contributed by atoms with E-state index in [2.05, 4.69) is 47.2 Å². The molecular weight excluding hydrogens is 484 g/mol. The standard InChI is InChI=1S/C31H33ClN2O3/c1-27-10-8-20-23-24-30(23)28(15-21(34(2)3)25(35)31(24,30)36)11-12-29(20,37-28)22(27)7-6-19(27)17-5-4-16-9-13-33-26(32)18(16)14-17/h4-6,8-9,13-14,21-25,35-36H,7,10-12,15H2,1-3H3. The van der Waals surface area contributed by atoms with E-state index in [1.807, 2.05) is 20.2 Å². The number of rotatable bonds is 2. The summed E-state index contributed by atoms with van der Waals surface area (Å²) < 4.78 is 7.46. The van der Waals surface area contributed by atoms with Crippen LogP contribution in [0.1, 0.15) is 44.6 Å². The fourth-order valence-electron chi connectivity index (χ4n) is 10.9. The summed E-state index contributed by atoms with van der Waals surface area (Å²) in [6.07, 6.45) is 10.8. The average molecular weight is 517 g/mol. The number of likely N-dealkylation sites (N-methyl/N-ethyl adjacent to an activating group) is 1. The Kier molecular flexibility index (Phi) is 3.69. The lowest BCUT2D eigenvalue weighted by Gasteiger charge is -2.60. The van der Waals surface area contributed by atoms with Crippen molar-refractivity contribution >= 4 is 27.9 Å². The normalized spacial score (nSPS) is 51.7. The van der Waals surface area contributed by atoms with Gasteiger partial charge in [0.05, 0.1) is 17.3 Å². The molecule has 3 spiro atoms. The molecule has 9 rings (SSSR count). The molecule has 0 amide bonds. The number of pyridine rings is 1. The number of ether oxygens (including phenoxy) is 1. The molecule has 2 aliphatic heterocycles. The van der Waals surface area contributed by atoms with E-state index in [1.165, 1.54) is 16.7 Å². The van der Waals surface area contributed by atoms with Crippen LogP contribution in [-0.2, 0) is 4.74 Å². The van der Waals surface area contributed by atoms with Gasteiger partial charge in [0, 0.05) is 46.2 Å². The monoisotopic (exact) mass is 516 g/mol. The molecular formula is C31H33ClN2O3. The summed E-state index contributed by atoms with van der Waals surface area (Å²) in [7, 11) is 4.04. The molecule has 2 aromatic rings. The van der Waals surface area contributed by atoms with Gasteiger partial charge in [0.1, 0.15) is 10.8 Å². The van der Waals surface area contributed by atoms with Crippen molar-refractivity contribution in [3.05, 3.63) is 58.9 Å². The fraction of sp³-hybridized carbons (Fsp3) is 0.581. The topological polar surface area (TPSA) is 65.8 Å². The first-order valence-electron chi connectivity index (χ1n) is 13.9. The van der Waals surface area contributed by atoms with Crippen LogP contribution in [0.4, 0.5) is 0 Å². The van der Waals surface area contributed by atoms with E-state index in [4.69, 9.17) is 16.3 Å². The minimum Gasteiger partial charge on any atom is -0.388 e. The lowest BCUT2D eigenvalue weighted by atomic mass is 9.55. The smallest absolute Gasteiger partial charge is 0.136 e. The zero-order valence-corrected chi connectivity index (χ0v) is 22.3. The van der Waals surface area contributed by atoms with Crippen molar-refractivity contribution < 1.29 is 14.9 Å². The van der Waals surface area contributed by atoms with Gasteiger partial charge in [-0.25, -0.2) is 4.98 Å². The van der Waals surface area contributed by atoms with Crippen molar-refractivity contribution in [2.75, 3.05) is 14.1 Å². The zero-order chi connectivity index (χ0) is 25.3. The summed E-state index contributed by atoms with van der Waals surface area (Å²) in [5, 5.41) is 25.7. The van der Waals surface area contributed by atoms with E-state index >= 15 is 0 Å². The molecule has 2 bridgehead atoms. The second kappa shape index (κ2) is 6.18. The molecule has 10 unspecified atom stereocenters. The average Bonchev–Trinajstić information content (AvgIpc) is 3.62. The lowest BCUT2D eigenvalue weighted by molar-refractivity contribution is -0.247. The first kappa shape index (κ1) is 22.1. The van der Waals surface area contributed by atoms with Gasteiger partial charge in [-0.15, -0.1) is 0 Å². The second-order valence-electron chi connectivity index (χ2n) is 13.5. The van der Waals surface area contributed by atoms with E-state index in [0.717, 1.165) is 42.9 Å². The molecule has 10 atom stereocenters. The molecule has 0 radical (unpaired) electrons. The third-order valence-electron chi connectivity index (χ3n) is 12.4. The van der Waals surface area contributed by atoms with E-state index in [-0.39, 0.29) is 34.0 Å². The van der Waals surface area contributed by atoms with Crippen molar-refractivity contribution in [1.29, 1.82) is 0 Å². The van der Waals surface area contributed by atoms with E-state index in [1.54, 1.807) is 6.20 Å². The predicted molar refractivity (Wildman–Crippen MR) is 142 cm³/mol. The van der Waals surface area contributed by atoms with Gasteiger partial charge in [-0.3, -0.25) is 0 Å². The van der Waals surface area contributed by atoms with Crippen LogP contribution in [-0.4, -0.2) is 63.1 Å². The first-order chi connectivity index (χ1) is 17.7. The Hall–Kier alpha value is -1.76. The van der Waals surface area contributed by atoms with Crippen LogP contribution in [0.2, 0.25) is 5.15 Å². The molecule has 1 aromatic heterocycles. The number of hydrogen-bond acceptors (Lipinski definition) is 5. The molecule has 5 fully saturated rings. The Morgan fingerprint density at radius 3 is 2.81 bits per heavy atom. The third-order valence-corrected chi connectivity index (χ3v) is 12.7. The summed E-state index contributed by atoms with van der Waals surface area (Å²) in [6.45, 7) is 2.43. The van der Waals surface area contributed by atoms with Crippen LogP contribution < -0.4 is 0 Å².